The predicted octanol–water partition coefficient (Wildman–Crippen LogP) is 1.74. The molecule has 1 aromatic carbocycles. The molecule has 0 heterocycles. The van der Waals surface area contributed by atoms with Gasteiger partial charge in [0, 0.05) is 13.8 Å². The number of nitrogens with zero attached hydrogens (tertiary/aromatic N) is 1. The van der Waals surface area contributed by atoms with Gasteiger partial charge in [0.25, 0.3) is 0 Å². The Morgan fingerprint density at radius 3 is 1.95 bits per heavy atom. The molecule has 0 saturated carbocycles. The number of rotatable bonds is 3. The minimum Gasteiger partial charge on any atom is -0.376 e. The molecule has 0 aromatic heterocycles. The third kappa shape index (κ3) is 18.9. The highest BCUT2D eigenvalue weighted by Gasteiger charge is 1.91. The Labute approximate surface area is 133 Å². The summed E-state index contributed by atoms with van der Waals surface area (Å²) in [7, 11) is 0. The van der Waals surface area contributed by atoms with Crippen molar-refractivity contribution in [3.63, 3.8) is 0 Å². The van der Waals surface area contributed by atoms with Crippen LogP contribution in [0, 0.1) is 40.4 Å². The van der Waals surface area contributed by atoms with E-state index in [9.17, 15) is 4.79 Å². The average Bonchev–Trinajstić information content (AvgIpc) is 2.52. The van der Waals surface area contributed by atoms with Crippen LogP contribution in [-0.2, 0) is 4.79 Å². The summed E-state index contributed by atoms with van der Waals surface area (Å²) in [4.78, 5) is 18.7. The lowest BCUT2D eigenvalue weighted by Gasteiger charge is -2.01. The van der Waals surface area contributed by atoms with Crippen LogP contribution in [0.2, 0.25) is 0 Å². The number of para-hydroxylation sites is 1. The van der Waals surface area contributed by atoms with Crippen LogP contribution in [0.4, 0.5) is 5.69 Å². The van der Waals surface area contributed by atoms with Crippen molar-refractivity contribution in [2.45, 2.75) is 13.8 Å². The van der Waals surface area contributed by atoms with Crippen molar-refractivity contribution in [1.29, 1.82) is 0 Å². The third-order valence-corrected chi connectivity index (χ3v) is 1.68. The van der Waals surface area contributed by atoms with Crippen LogP contribution in [0.5, 0.6) is 0 Å². The lowest BCUT2D eigenvalue weighted by atomic mass is 10.3. The summed E-state index contributed by atoms with van der Waals surface area (Å²) in [5.41, 5.74) is 5.85. The summed E-state index contributed by atoms with van der Waals surface area (Å²) in [5, 5.41) is 4.62. The number of benzene rings is 1. The minimum atomic E-state index is -0.353. The molecular weight excluding hydrogens is 280 g/mol. The molecule has 5 N–H and O–H groups in total. The molecule has 0 unspecified atom stereocenters. The number of amides is 1. The van der Waals surface area contributed by atoms with E-state index in [1.165, 1.54) is 0 Å². The molecule has 0 aliphatic rings. The number of hydrogen-bond donors (Lipinski definition) is 3. The summed E-state index contributed by atoms with van der Waals surface area (Å²) < 4.78 is 0. The Morgan fingerprint density at radius 2 is 1.59 bits per heavy atom. The Morgan fingerprint density at radius 1 is 1.14 bits per heavy atom. The fraction of sp³-hybridized carbons (Fsp3) is 0.188. The standard InChI is InChI=1S/C8H10N2O.C8H6.H2N2O.2H2/c9-8(11)6-10-7-4-2-1-3-5-7;1-3-5-7-8-6-4-2;1-2-3;;/h1-5,10H,6H2,(H2,9,11);1-2H3;(H2,1,3);2*1H. The third-order valence-electron chi connectivity index (χ3n) is 1.68. The number of primary amides is 1. The summed E-state index contributed by atoms with van der Waals surface area (Å²) in [6.45, 7) is 3.67. The van der Waals surface area contributed by atoms with Gasteiger partial charge in [-0.15, -0.1) is 4.91 Å². The van der Waals surface area contributed by atoms with Gasteiger partial charge in [0.1, 0.15) is 0 Å². The zero-order valence-electron chi connectivity index (χ0n) is 12.5. The maximum Gasteiger partial charge on any atom is 0.236 e. The maximum atomic E-state index is 10.3. The average molecular weight is 302 g/mol. The van der Waals surface area contributed by atoms with Gasteiger partial charge in [0.15, 0.2) is 0 Å². The molecule has 0 fully saturated rings. The number of nitrogens with two attached hydrogens (primary N) is 2. The smallest absolute Gasteiger partial charge is 0.236 e. The SMILES string of the molecule is CC#CC#CC#CC.NC(=O)CNc1ccccc1.NN=O.[HH].[HH]. The van der Waals surface area contributed by atoms with E-state index in [-0.39, 0.29) is 15.3 Å². The lowest BCUT2D eigenvalue weighted by Crippen LogP contribution is -2.21. The Bertz CT molecular complexity index is 594. The molecular formula is C16H22N4O2. The van der Waals surface area contributed by atoms with Crippen molar-refractivity contribution in [3.05, 3.63) is 35.2 Å². The molecule has 0 aliphatic heterocycles. The Balaban J connectivity index is -0.000000138. The van der Waals surface area contributed by atoms with Crippen LogP contribution < -0.4 is 16.9 Å². The van der Waals surface area contributed by atoms with Crippen molar-refractivity contribution in [3.8, 4) is 35.5 Å². The van der Waals surface area contributed by atoms with Gasteiger partial charge in [-0.1, -0.05) is 30.0 Å². The monoisotopic (exact) mass is 302 g/mol. The van der Waals surface area contributed by atoms with Gasteiger partial charge >= 0.3 is 0 Å². The topological polar surface area (TPSA) is 111 Å². The molecule has 0 saturated heterocycles. The van der Waals surface area contributed by atoms with Crippen molar-refractivity contribution in [2.75, 3.05) is 11.9 Å². The first-order valence-corrected chi connectivity index (χ1v) is 6.05. The van der Waals surface area contributed by atoms with E-state index in [2.05, 4.69) is 46.7 Å². The molecule has 0 aliphatic carbocycles. The highest BCUT2D eigenvalue weighted by Crippen LogP contribution is 2.03. The normalized spacial score (nSPS) is 6.45. The molecule has 0 atom stereocenters. The van der Waals surface area contributed by atoms with Gasteiger partial charge in [-0.3, -0.25) is 10.6 Å². The van der Waals surface area contributed by atoms with Crippen LogP contribution in [0.3, 0.4) is 0 Å². The fourth-order valence-corrected chi connectivity index (χ4v) is 0.933. The van der Waals surface area contributed by atoms with E-state index in [0.717, 1.165) is 5.69 Å². The molecule has 6 nitrogen and oxygen atoms in total. The number of nitroso groups, excluding NO2 is 1. The zero-order chi connectivity index (χ0) is 17.1. The second-order valence-electron chi connectivity index (χ2n) is 3.29. The van der Waals surface area contributed by atoms with Gasteiger partial charge in [0.05, 0.1) is 6.54 Å². The van der Waals surface area contributed by atoms with Crippen LogP contribution in [0.15, 0.2) is 35.6 Å². The fourth-order valence-electron chi connectivity index (χ4n) is 0.933. The summed E-state index contributed by atoms with van der Waals surface area (Å²) in [6, 6.07) is 9.45. The molecule has 118 valence electrons. The van der Waals surface area contributed by atoms with E-state index in [4.69, 9.17) is 10.6 Å². The van der Waals surface area contributed by atoms with E-state index in [1.54, 1.807) is 19.1 Å². The second-order valence-corrected chi connectivity index (χ2v) is 3.29. The molecule has 6 heteroatoms. The molecule has 0 radical (unpaired) electrons. The van der Waals surface area contributed by atoms with Gasteiger partial charge in [-0.2, -0.15) is 0 Å². The summed E-state index contributed by atoms with van der Waals surface area (Å²) in [5.74, 6) is 19.1. The number of hydrogen-bond acceptors (Lipinski definition) is 4. The van der Waals surface area contributed by atoms with Crippen molar-refractivity contribution in [2.24, 2.45) is 16.9 Å². The van der Waals surface area contributed by atoms with Crippen LogP contribution in [-0.4, -0.2) is 12.5 Å². The van der Waals surface area contributed by atoms with Crippen LogP contribution in [0.25, 0.3) is 0 Å². The Kier molecular flexibility index (Phi) is 16.7. The van der Waals surface area contributed by atoms with E-state index in [1.807, 2.05) is 30.3 Å². The molecule has 0 spiro atoms. The predicted molar refractivity (Wildman–Crippen MR) is 93.0 cm³/mol. The first-order valence-electron chi connectivity index (χ1n) is 6.05. The van der Waals surface area contributed by atoms with Crippen molar-refractivity contribution < 1.29 is 7.65 Å². The number of anilines is 1. The number of carbonyl (C=O) groups excluding carboxylic acids is 1. The molecule has 1 aromatic rings. The first kappa shape index (κ1) is 20.9. The van der Waals surface area contributed by atoms with Gasteiger partial charge in [-0.05, 0) is 49.7 Å². The van der Waals surface area contributed by atoms with Crippen molar-refractivity contribution in [1.82, 2.24) is 0 Å². The number of carbonyl (C=O) groups is 1. The first-order chi connectivity index (χ1) is 10.6. The molecule has 1 amide bonds. The summed E-state index contributed by atoms with van der Waals surface area (Å²) in [6.07, 6.45) is 0. The summed E-state index contributed by atoms with van der Waals surface area (Å²) >= 11 is 0. The molecule has 0 bridgehead atoms. The lowest BCUT2D eigenvalue weighted by molar-refractivity contribution is -0.116. The highest BCUT2D eigenvalue weighted by molar-refractivity contribution is 5.78. The largest absolute Gasteiger partial charge is 0.376 e. The van der Waals surface area contributed by atoms with E-state index < -0.39 is 0 Å². The maximum absolute atomic E-state index is 10.3. The van der Waals surface area contributed by atoms with Crippen LogP contribution in [0.1, 0.15) is 16.7 Å². The van der Waals surface area contributed by atoms with Gasteiger partial charge in [-0.25, -0.2) is 0 Å². The second kappa shape index (κ2) is 17.6. The van der Waals surface area contributed by atoms with Crippen LogP contribution >= 0.6 is 0 Å². The van der Waals surface area contributed by atoms with Gasteiger partial charge < -0.3 is 11.1 Å². The highest BCUT2D eigenvalue weighted by atomic mass is 16.3. The van der Waals surface area contributed by atoms with E-state index >= 15 is 0 Å². The zero-order valence-corrected chi connectivity index (χ0v) is 12.5. The minimum absolute atomic E-state index is 0. The quantitative estimate of drug-likeness (QED) is 0.342. The van der Waals surface area contributed by atoms with E-state index in [0.29, 0.717) is 0 Å². The molecule has 1 rings (SSSR count). The van der Waals surface area contributed by atoms with Gasteiger partial charge in [0.2, 0.25) is 5.91 Å². The Hall–Kier alpha value is -3.43. The molecule has 22 heavy (non-hydrogen) atoms. The number of nitrogens with one attached hydrogen (secondary N) is 1. The van der Waals surface area contributed by atoms with Crippen molar-refractivity contribution >= 4 is 11.6 Å².